The van der Waals surface area contributed by atoms with Gasteiger partial charge >= 0.3 is 0 Å². The molecule has 0 atom stereocenters. The van der Waals surface area contributed by atoms with E-state index in [1.807, 2.05) is 6.92 Å². The highest BCUT2D eigenvalue weighted by molar-refractivity contribution is 5.97. The van der Waals surface area contributed by atoms with Crippen molar-refractivity contribution in [1.29, 1.82) is 0 Å². The zero-order valence-electron chi connectivity index (χ0n) is 14.9. The third-order valence-corrected chi connectivity index (χ3v) is 5.56. The first kappa shape index (κ1) is 16.0. The third kappa shape index (κ3) is 2.27. The molecule has 0 radical (unpaired) electrons. The number of fused-ring (bicyclic) bond motifs is 3. The smallest absolute Gasteiger partial charge is 0.276 e. The van der Waals surface area contributed by atoms with Crippen LogP contribution in [0.2, 0.25) is 0 Å². The third-order valence-electron chi connectivity index (χ3n) is 5.56. The highest BCUT2D eigenvalue weighted by Crippen LogP contribution is 2.37. The molecule has 9 nitrogen and oxygen atoms in total. The van der Waals surface area contributed by atoms with Crippen molar-refractivity contribution in [3.63, 3.8) is 0 Å². The molecular weight excluding hydrogens is 346 g/mol. The van der Waals surface area contributed by atoms with E-state index in [2.05, 4.69) is 30.8 Å². The van der Waals surface area contributed by atoms with Gasteiger partial charge < -0.3 is 10.6 Å². The number of amides is 1. The molecule has 0 aromatic carbocycles. The number of aryl methyl sites for hydroxylation is 1. The predicted molar refractivity (Wildman–Crippen MR) is 98.9 cm³/mol. The van der Waals surface area contributed by atoms with Gasteiger partial charge in [-0.2, -0.15) is 5.10 Å². The average molecular weight is 365 g/mol. The molecule has 3 N–H and O–H groups in total. The van der Waals surface area contributed by atoms with E-state index in [0.717, 1.165) is 37.7 Å². The predicted octanol–water partition coefficient (Wildman–Crippen LogP) is 1.93. The number of anilines is 2. The molecule has 1 spiro atoms. The van der Waals surface area contributed by atoms with Crippen LogP contribution in [0, 0.1) is 6.92 Å². The Morgan fingerprint density at radius 2 is 2.00 bits per heavy atom. The Morgan fingerprint density at radius 3 is 2.81 bits per heavy atom. The highest BCUT2D eigenvalue weighted by atomic mass is 16.2. The Balaban J connectivity index is 1.67. The molecule has 0 bridgehead atoms. The summed E-state index contributed by atoms with van der Waals surface area (Å²) >= 11 is 0. The fraction of sp³-hybridized carbons (Fsp3) is 0.389. The number of carbonyl (C=O) groups is 1. The molecule has 27 heavy (non-hydrogen) atoms. The minimum Gasteiger partial charge on any atom is -0.335 e. The Labute approximate surface area is 154 Å². The van der Waals surface area contributed by atoms with Crippen molar-refractivity contribution in [3.05, 3.63) is 40.2 Å². The summed E-state index contributed by atoms with van der Waals surface area (Å²) < 4.78 is 1.67. The van der Waals surface area contributed by atoms with Gasteiger partial charge in [-0.15, -0.1) is 0 Å². The van der Waals surface area contributed by atoms with Crippen molar-refractivity contribution >= 4 is 28.4 Å². The van der Waals surface area contributed by atoms with Gasteiger partial charge in [0.2, 0.25) is 0 Å². The summed E-state index contributed by atoms with van der Waals surface area (Å²) in [5.74, 6) is 0.332. The quantitative estimate of drug-likeness (QED) is 0.639. The number of nitrogens with zero attached hydrogens (tertiary/aromatic N) is 4. The van der Waals surface area contributed by atoms with Crippen molar-refractivity contribution < 1.29 is 4.79 Å². The number of hydrogen-bond donors (Lipinski definition) is 3. The molecule has 0 saturated heterocycles. The van der Waals surface area contributed by atoms with Gasteiger partial charge in [-0.1, -0.05) is 6.42 Å². The van der Waals surface area contributed by atoms with Crippen molar-refractivity contribution in [2.75, 3.05) is 5.32 Å². The number of aromatic nitrogens is 5. The van der Waals surface area contributed by atoms with Crippen molar-refractivity contribution in [2.45, 2.75) is 44.7 Å². The number of pyridine rings is 1. The van der Waals surface area contributed by atoms with Gasteiger partial charge in [-0.05, 0) is 44.2 Å². The number of carbonyl (C=O) groups excluding carboxylic acids is 1. The fourth-order valence-corrected chi connectivity index (χ4v) is 4.33. The first-order valence-electron chi connectivity index (χ1n) is 9.10. The van der Waals surface area contributed by atoms with Crippen LogP contribution in [-0.4, -0.2) is 30.6 Å². The van der Waals surface area contributed by atoms with Gasteiger partial charge in [0.05, 0.1) is 11.6 Å². The van der Waals surface area contributed by atoms with E-state index >= 15 is 0 Å². The number of H-pyrrole nitrogens is 1. The lowest BCUT2D eigenvalue weighted by Gasteiger charge is -2.35. The van der Waals surface area contributed by atoms with E-state index in [-0.39, 0.29) is 11.5 Å². The van der Waals surface area contributed by atoms with Gasteiger partial charge in [0, 0.05) is 0 Å². The van der Waals surface area contributed by atoms with Crippen LogP contribution in [0.25, 0.3) is 11.0 Å². The molecule has 1 saturated carbocycles. The second-order valence-electron chi connectivity index (χ2n) is 7.26. The topological polar surface area (TPSA) is 118 Å². The van der Waals surface area contributed by atoms with Crippen molar-refractivity contribution in [2.24, 2.45) is 0 Å². The second kappa shape index (κ2) is 5.63. The minimum absolute atomic E-state index is 0.169. The molecule has 9 heteroatoms. The van der Waals surface area contributed by atoms with Crippen LogP contribution in [0.4, 0.5) is 11.5 Å². The van der Waals surface area contributed by atoms with Crippen LogP contribution in [0.5, 0.6) is 0 Å². The molecule has 1 fully saturated rings. The van der Waals surface area contributed by atoms with E-state index < -0.39 is 5.66 Å². The Hall–Kier alpha value is -3.23. The number of aromatic amines is 1. The largest absolute Gasteiger partial charge is 0.335 e. The van der Waals surface area contributed by atoms with Gasteiger partial charge in [0.1, 0.15) is 29.2 Å². The van der Waals surface area contributed by atoms with E-state index in [1.165, 1.54) is 6.33 Å². The number of rotatable bonds is 2. The zero-order valence-corrected chi connectivity index (χ0v) is 14.9. The lowest BCUT2D eigenvalue weighted by atomic mass is 9.89. The van der Waals surface area contributed by atoms with E-state index in [1.54, 1.807) is 16.8 Å². The summed E-state index contributed by atoms with van der Waals surface area (Å²) in [6, 6.07) is 1.71. The van der Waals surface area contributed by atoms with E-state index in [4.69, 9.17) is 0 Å². The molecule has 1 amide bonds. The molecule has 3 aromatic rings. The van der Waals surface area contributed by atoms with Crippen LogP contribution in [0.15, 0.2) is 23.4 Å². The Kier molecular flexibility index (Phi) is 3.33. The molecule has 0 unspecified atom stereocenters. The maximum atomic E-state index is 13.4. The second-order valence-corrected chi connectivity index (χ2v) is 7.26. The fourth-order valence-electron chi connectivity index (χ4n) is 4.33. The summed E-state index contributed by atoms with van der Waals surface area (Å²) in [7, 11) is 0. The SMILES string of the molecule is Cc1cc(Nc2ncnc3[nH]ncc23)c(=O)n2c1C(=O)NC21CCCCC1. The molecule has 3 aromatic heterocycles. The minimum atomic E-state index is -0.610. The molecule has 2 aliphatic rings. The maximum Gasteiger partial charge on any atom is 0.276 e. The Morgan fingerprint density at radius 1 is 1.19 bits per heavy atom. The first-order valence-corrected chi connectivity index (χ1v) is 9.10. The lowest BCUT2D eigenvalue weighted by Crippen LogP contribution is -2.48. The first-order chi connectivity index (χ1) is 13.1. The molecule has 138 valence electrons. The summed E-state index contributed by atoms with van der Waals surface area (Å²) in [6.07, 6.45) is 7.67. The normalized spacial score (nSPS) is 17.9. The monoisotopic (exact) mass is 365 g/mol. The molecule has 5 rings (SSSR count). The van der Waals surface area contributed by atoms with Gasteiger partial charge in [0.25, 0.3) is 11.5 Å². The van der Waals surface area contributed by atoms with Crippen molar-refractivity contribution in [3.8, 4) is 0 Å². The van der Waals surface area contributed by atoms with Gasteiger partial charge in [-0.25, -0.2) is 9.97 Å². The average Bonchev–Trinajstić information content (AvgIpc) is 3.24. The summed E-state index contributed by atoms with van der Waals surface area (Å²) in [5.41, 5.74) is 1.37. The highest BCUT2D eigenvalue weighted by Gasteiger charge is 2.45. The molecule has 4 heterocycles. The number of nitrogens with one attached hydrogen (secondary N) is 3. The molecule has 1 aliphatic heterocycles. The molecule has 1 aliphatic carbocycles. The Bertz CT molecular complexity index is 1120. The van der Waals surface area contributed by atoms with E-state index in [9.17, 15) is 9.59 Å². The van der Waals surface area contributed by atoms with Crippen LogP contribution in [-0.2, 0) is 5.66 Å². The van der Waals surface area contributed by atoms with Gasteiger partial charge in [-0.3, -0.25) is 19.3 Å². The maximum absolute atomic E-state index is 13.4. The van der Waals surface area contributed by atoms with Crippen LogP contribution in [0.3, 0.4) is 0 Å². The van der Waals surface area contributed by atoms with Crippen LogP contribution in [0.1, 0.15) is 48.2 Å². The molecular formula is C18H19N7O2. The summed E-state index contributed by atoms with van der Waals surface area (Å²) in [4.78, 5) is 34.3. The lowest BCUT2D eigenvalue weighted by molar-refractivity contribution is 0.0876. The number of hydrogen-bond acceptors (Lipinski definition) is 6. The standard InChI is InChI=1S/C18H19N7O2/c1-10-7-12(22-14-11-8-21-24-15(11)20-9-19-14)17(27)25-13(10)16(26)23-18(25)5-3-2-4-6-18/h7-9H,2-6H2,1H3,(H,23,26)(H2,19,20,21,22,24). The van der Waals surface area contributed by atoms with Crippen molar-refractivity contribution in [1.82, 2.24) is 30.0 Å². The van der Waals surface area contributed by atoms with E-state index in [0.29, 0.717) is 28.2 Å². The van der Waals surface area contributed by atoms with Crippen LogP contribution < -0.4 is 16.2 Å². The zero-order chi connectivity index (χ0) is 18.6. The van der Waals surface area contributed by atoms with Crippen LogP contribution >= 0.6 is 0 Å². The summed E-state index contributed by atoms with van der Waals surface area (Å²) in [5, 5.41) is 13.7. The summed E-state index contributed by atoms with van der Waals surface area (Å²) in [6.45, 7) is 1.85. The van der Waals surface area contributed by atoms with Gasteiger partial charge in [0.15, 0.2) is 5.65 Å².